The Labute approximate surface area is 101 Å². The molecule has 0 aliphatic carbocycles. The normalized spacial score (nSPS) is 14.1. The third kappa shape index (κ3) is 6.46. The van der Waals surface area contributed by atoms with Crippen LogP contribution >= 0.6 is 0 Å². The highest BCUT2D eigenvalue weighted by molar-refractivity contribution is 4.82. The Morgan fingerprint density at radius 3 is 2.12 bits per heavy atom. The summed E-state index contributed by atoms with van der Waals surface area (Å²) in [5.74, 6) is 0. The van der Waals surface area contributed by atoms with E-state index in [4.69, 9.17) is 4.74 Å². The highest BCUT2D eigenvalue weighted by Gasteiger charge is 2.25. The zero-order valence-corrected chi connectivity index (χ0v) is 11.4. The SMILES string of the molecule is CCCC(O)(CCC)CNC(CC)COC. The van der Waals surface area contributed by atoms with E-state index in [2.05, 4.69) is 26.1 Å². The van der Waals surface area contributed by atoms with Crippen molar-refractivity contribution in [1.29, 1.82) is 0 Å². The molecule has 0 saturated carbocycles. The average molecular weight is 231 g/mol. The van der Waals surface area contributed by atoms with Crippen LogP contribution in [0.3, 0.4) is 0 Å². The fraction of sp³-hybridized carbons (Fsp3) is 1.00. The van der Waals surface area contributed by atoms with Gasteiger partial charge in [-0.25, -0.2) is 0 Å². The summed E-state index contributed by atoms with van der Waals surface area (Å²) >= 11 is 0. The third-order valence-electron chi connectivity index (χ3n) is 3.01. The van der Waals surface area contributed by atoms with Crippen molar-refractivity contribution in [3.8, 4) is 0 Å². The van der Waals surface area contributed by atoms with Crippen LogP contribution in [-0.2, 0) is 4.74 Å². The molecule has 0 aliphatic rings. The molecule has 0 rings (SSSR count). The molecule has 3 nitrogen and oxygen atoms in total. The zero-order chi connectivity index (χ0) is 12.4. The average Bonchev–Trinajstić information content (AvgIpc) is 2.25. The van der Waals surface area contributed by atoms with Gasteiger partial charge in [-0.05, 0) is 19.3 Å². The lowest BCUT2D eigenvalue weighted by atomic mass is 9.92. The Morgan fingerprint density at radius 2 is 1.75 bits per heavy atom. The Hall–Kier alpha value is -0.120. The van der Waals surface area contributed by atoms with E-state index in [0.29, 0.717) is 19.2 Å². The van der Waals surface area contributed by atoms with Gasteiger partial charge in [0.25, 0.3) is 0 Å². The number of hydrogen-bond acceptors (Lipinski definition) is 3. The Kier molecular flexibility index (Phi) is 8.90. The quantitative estimate of drug-likeness (QED) is 0.606. The molecule has 1 unspecified atom stereocenters. The molecule has 0 aliphatic heterocycles. The van der Waals surface area contributed by atoms with Crippen molar-refractivity contribution in [2.75, 3.05) is 20.3 Å². The fourth-order valence-corrected chi connectivity index (χ4v) is 2.09. The van der Waals surface area contributed by atoms with Gasteiger partial charge in [0.15, 0.2) is 0 Å². The van der Waals surface area contributed by atoms with Gasteiger partial charge in [0.2, 0.25) is 0 Å². The van der Waals surface area contributed by atoms with Crippen LogP contribution in [0.1, 0.15) is 52.9 Å². The van der Waals surface area contributed by atoms with E-state index in [1.54, 1.807) is 7.11 Å². The van der Waals surface area contributed by atoms with Crippen molar-refractivity contribution < 1.29 is 9.84 Å². The lowest BCUT2D eigenvalue weighted by Gasteiger charge is -2.30. The van der Waals surface area contributed by atoms with Gasteiger partial charge in [0.05, 0.1) is 12.2 Å². The van der Waals surface area contributed by atoms with E-state index in [-0.39, 0.29) is 0 Å². The minimum absolute atomic E-state index is 0.352. The summed E-state index contributed by atoms with van der Waals surface area (Å²) in [7, 11) is 1.72. The molecule has 0 aromatic rings. The standard InChI is InChI=1S/C13H29NO2/c1-5-8-13(15,9-6-2)11-14-12(7-3)10-16-4/h12,14-15H,5-11H2,1-4H3. The highest BCUT2D eigenvalue weighted by atomic mass is 16.5. The maximum Gasteiger partial charge on any atom is 0.0771 e. The zero-order valence-electron chi connectivity index (χ0n) is 11.4. The van der Waals surface area contributed by atoms with E-state index in [1.165, 1.54) is 0 Å². The largest absolute Gasteiger partial charge is 0.389 e. The molecule has 3 heteroatoms. The van der Waals surface area contributed by atoms with E-state index >= 15 is 0 Å². The smallest absolute Gasteiger partial charge is 0.0771 e. The van der Waals surface area contributed by atoms with Gasteiger partial charge in [0, 0.05) is 19.7 Å². The first-order valence-electron chi connectivity index (χ1n) is 6.56. The van der Waals surface area contributed by atoms with Gasteiger partial charge in [0.1, 0.15) is 0 Å². The number of ether oxygens (including phenoxy) is 1. The summed E-state index contributed by atoms with van der Waals surface area (Å²) in [6.07, 6.45) is 4.83. The molecule has 0 aromatic carbocycles. The van der Waals surface area contributed by atoms with Crippen LogP contribution in [0.5, 0.6) is 0 Å². The summed E-state index contributed by atoms with van der Waals surface area (Å²) in [5, 5.41) is 13.8. The van der Waals surface area contributed by atoms with Crippen molar-refractivity contribution in [2.45, 2.75) is 64.5 Å². The number of aliphatic hydroxyl groups is 1. The second-order valence-electron chi connectivity index (χ2n) is 4.67. The molecule has 98 valence electrons. The van der Waals surface area contributed by atoms with Gasteiger partial charge >= 0.3 is 0 Å². The van der Waals surface area contributed by atoms with Crippen molar-refractivity contribution in [2.24, 2.45) is 0 Å². The fourth-order valence-electron chi connectivity index (χ4n) is 2.09. The van der Waals surface area contributed by atoms with Gasteiger partial charge in [-0.15, -0.1) is 0 Å². The van der Waals surface area contributed by atoms with Crippen LogP contribution in [0.2, 0.25) is 0 Å². The summed E-state index contributed by atoms with van der Waals surface area (Å²) in [4.78, 5) is 0. The molecule has 16 heavy (non-hydrogen) atoms. The van der Waals surface area contributed by atoms with Crippen LogP contribution in [0.25, 0.3) is 0 Å². The van der Waals surface area contributed by atoms with Crippen LogP contribution in [-0.4, -0.2) is 37.0 Å². The van der Waals surface area contributed by atoms with Crippen LogP contribution in [0, 0.1) is 0 Å². The second kappa shape index (κ2) is 8.97. The first-order valence-corrected chi connectivity index (χ1v) is 6.56. The van der Waals surface area contributed by atoms with E-state index in [0.717, 1.165) is 32.1 Å². The Bertz CT molecular complexity index is 156. The van der Waals surface area contributed by atoms with Gasteiger partial charge in [-0.1, -0.05) is 33.6 Å². The monoisotopic (exact) mass is 231 g/mol. The van der Waals surface area contributed by atoms with Crippen LogP contribution in [0.4, 0.5) is 0 Å². The molecule has 0 amide bonds. The number of hydrogen-bond donors (Lipinski definition) is 2. The molecule has 0 spiro atoms. The molecule has 0 saturated heterocycles. The molecule has 0 bridgehead atoms. The van der Waals surface area contributed by atoms with E-state index in [9.17, 15) is 5.11 Å². The number of rotatable bonds is 10. The maximum atomic E-state index is 10.4. The van der Waals surface area contributed by atoms with Crippen molar-refractivity contribution >= 4 is 0 Å². The summed E-state index contributed by atoms with van der Waals surface area (Å²) in [5.41, 5.74) is -0.537. The molecular formula is C13H29NO2. The predicted molar refractivity (Wildman–Crippen MR) is 68.7 cm³/mol. The van der Waals surface area contributed by atoms with Crippen LogP contribution in [0.15, 0.2) is 0 Å². The van der Waals surface area contributed by atoms with Crippen molar-refractivity contribution in [3.63, 3.8) is 0 Å². The minimum Gasteiger partial charge on any atom is -0.389 e. The molecule has 2 N–H and O–H groups in total. The first-order chi connectivity index (χ1) is 7.61. The molecule has 0 radical (unpaired) electrons. The Balaban J connectivity index is 4.07. The van der Waals surface area contributed by atoms with Gasteiger partial charge in [-0.2, -0.15) is 0 Å². The second-order valence-corrected chi connectivity index (χ2v) is 4.67. The number of nitrogens with one attached hydrogen (secondary N) is 1. The summed E-state index contributed by atoms with van der Waals surface area (Å²) < 4.78 is 5.14. The lowest BCUT2D eigenvalue weighted by molar-refractivity contribution is 0.0160. The molecular weight excluding hydrogens is 202 g/mol. The topological polar surface area (TPSA) is 41.5 Å². The predicted octanol–water partition coefficient (Wildman–Crippen LogP) is 2.33. The maximum absolute atomic E-state index is 10.4. The van der Waals surface area contributed by atoms with E-state index in [1.807, 2.05) is 0 Å². The summed E-state index contributed by atoms with van der Waals surface area (Å²) in [6, 6.07) is 0.352. The van der Waals surface area contributed by atoms with Crippen LogP contribution < -0.4 is 5.32 Å². The van der Waals surface area contributed by atoms with E-state index < -0.39 is 5.60 Å². The molecule has 0 fully saturated rings. The summed E-state index contributed by atoms with van der Waals surface area (Å²) in [6.45, 7) is 7.76. The minimum atomic E-state index is -0.537. The first kappa shape index (κ1) is 15.9. The number of methoxy groups -OCH3 is 1. The molecule has 0 aromatic heterocycles. The Morgan fingerprint density at radius 1 is 1.19 bits per heavy atom. The van der Waals surface area contributed by atoms with Gasteiger partial charge < -0.3 is 15.2 Å². The van der Waals surface area contributed by atoms with Gasteiger partial charge in [-0.3, -0.25) is 0 Å². The third-order valence-corrected chi connectivity index (χ3v) is 3.01. The molecule has 1 atom stereocenters. The molecule has 0 heterocycles. The highest BCUT2D eigenvalue weighted by Crippen LogP contribution is 2.18. The van der Waals surface area contributed by atoms with Crippen molar-refractivity contribution in [1.82, 2.24) is 5.32 Å². The van der Waals surface area contributed by atoms with Crippen molar-refractivity contribution in [3.05, 3.63) is 0 Å². The lowest BCUT2D eigenvalue weighted by Crippen LogP contribution is -2.45.